The normalized spacial score (nSPS) is 42.1. The molecule has 1 spiro atoms. The Kier molecular flexibility index (Phi) is 5.57. The summed E-state index contributed by atoms with van der Waals surface area (Å²) in [6.45, 7) is 5.88. The van der Waals surface area contributed by atoms with E-state index in [1.807, 2.05) is 6.92 Å². The molecule has 5 nitrogen and oxygen atoms in total. The van der Waals surface area contributed by atoms with Crippen molar-refractivity contribution >= 4 is 0 Å². The number of ether oxygens (including phenoxy) is 3. The first-order valence-corrected chi connectivity index (χ1v) is 10.8. The number of hydrogen-bond donors (Lipinski definition) is 2. The van der Waals surface area contributed by atoms with E-state index in [9.17, 15) is 10.2 Å². The molecule has 152 valence electrons. The first-order chi connectivity index (χ1) is 13.1. The van der Waals surface area contributed by atoms with Gasteiger partial charge in [0, 0.05) is 18.4 Å². The van der Waals surface area contributed by atoms with Crippen LogP contribution >= 0.6 is 0 Å². The van der Waals surface area contributed by atoms with Crippen molar-refractivity contribution < 1.29 is 24.4 Å². The molecule has 0 bridgehead atoms. The molecular weight excluding hydrogens is 344 g/mol. The van der Waals surface area contributed by atoms with Crippen LogP contribution in [0.5, 0.6) is 0 Å². The summed E-state index contributed by atoms with van der Waals surface area (Å²) < 4.78 is 18.5. The zero-order valence-corrected chi connectivity index (χ0v) is 16.7. The molecule has 4 aliphatic rings. The van der Waals surface area contributed by atoms with Crippen LogP contribution in [0.2, 0.25) is 0 Å². The van der Waals surface area contributed by atoms with E-state index in [0.717, 1.165) is 19.3 Å². The minimum absolute atomic E-state index is 0.0605. The Bertz CT molecular complexity index is 583. The van der Waals surface area contributed by atoms with Gasteiger partial charge in [0.15, 0.2) is 0 Å². The van der Waals surface area contributed by atoms with E-state index < -0.39 is 23.6 Å². The van der Waals surface area contributed by atoms with Gasteiger partial charge in [-0.3, -0.25) is 0 Å². The Morgan fingerprint density at radius 1 is 1.15 bits per heavy atom. The van der Waals surface area contributed by atoms with Crippen LogP contribution in [-0.2, 0) is 14.2 Å². The van der Waals surface area contributed by atoms with Crippen molar-refractivity contribution in [2.24, 2.45) is 23.7 Å². The smallest absolute Gasteiger partial charge is 0.201 e. The molecule has 3 aliphatic carbocycles. The second-order valence-electron chi connectivity index (χ2n) is 8.76. The minimum Gasteiger partial charge on any atom is -0.392 e. The Labute approximate surface area is 162 Å². The molecule has 1 unspecified atom stereocenters. The summed E-state index contributed by atoms with van der Waals surface area (Å²) in [5.41, 5.74) is -0.536. The van der Waals surface area contributed by atoms with Gasteiger partial charge >= 0.3 is 0 Å². The highest BCUT2D eigenvalue weighted by Gasteiger charge is 2.77. The molecule has 3 saturated carbocycles. The van der Waals surface area contributed by atoms with Crippen LogP contribution in [0.4, 0.5) is 0 Å². The zero-order valence-electron chi connectivity index (χ0n) is 16.7. The van der Waals surface area contributed by atoms with E-state index in [-0.39, 0.29) is 23.7 Å². The average molecular weight is 379 g/mol. The maximum absolute atomic E-state index is 10.7. The van der Waals surface area contributed by atoms with Crippen molar-refractivity contribution in [1.82, 2.24) is 0 Å². The van der Waals surface area contributed by atoms with Crippen LogP contribution in [0, 0.1) is 35.5 Å². The van der Waals surface area contributed by atoms with Gasteiger partial charge in [-0.1, -0.05) is 38.0 Å². The van der Waals surface area contributed by atoms with Crippen molar-refractivity contribution in [2.75, 3.05) is 19.8 Å². The number of aliphatic hydroxyl groups excluding tert-OH is 2. The summed E-state index contributed by atoms with van der Waals surface area (Å²) in [7, 11) is 0. The molecule has 6 atom stereocenters. The molecule has 1 saturated heterocycles. The molecule has 0 amide bonds. The van der Waals surface area contributed by atoms with Crippen molar-refractivity contribution in [1.29, 1.82) is 0 Å². The summed E-state index contributed by atoms with van der Waals surface area (Å²) >= 11 is 0. The molecule has 5 heteroatoms. The van der Waals surface area contributed by atoms with E-state index in [1.54, 1.807) is 0 Å². The number of aliphatic hydroxyl groups is 2. The second kappa shape index (κ2) is 7.65. The second-order valence-corrected chi connectivity index (χ2v) is 8.76. The summed E-state index contributed by atoms with van der Waals surface area (Å²) in [6, 6.07) is 0. The highest BCUT2D eigenvalue weighted by Crippen LogP contribution is 2.65. The highest BCUT2D eigenvalue weighted by atomic mass is 16.8. The van der Waals surface area contributed by atoms with Crippen LogP contribution in [0.1, 0.15) is 58.8 Å². The van der Waals surface area contributed by atoms with Crippen molar-refractivity contribution in [2.45, 2.75) is 82.4 Å². The van der Waals surface area contributed by atoms with E-state index in [2.05, 4.69) is 18.8 Å². The standard InChI is InChI=1S/C22H34O5/c1-3-25-21-12-11-19(24)17(9-10-18(23)16-7-5-4-6-8-16)20(21)15(2)22(21)26-13-14-27-22/h15-20,23-24H,3-8,11-14H2,1-2H3/t15?,17-,18+,19+,20+,21+/m0/s1. The number of hydrogen-bond acceptors (Lipinski definition) is 5. The topological polar surface area (TPSA) is 68.2 Å². The van der Waals surface area contributed by atoms with Gasteiger partial charge < -0.3 is 24.4 Å². The van der Waals surface area contributed by atoms with Gasteiger partial charge in [-0.05, 0) is 38.5 Å². The maximum atomic E-state index is 10.7. The molecule has 4 rings (SSSR count). The third kappa shape index (κ3) is 2.96. The lowest BCUT2D eigenvalue weighted by atomic mass is 9.47. The van der Waals surface area contributed by atoms with Gasteiger partial charge in [0.25, 0.3) is 0 Å². The maximum Gasteiger partial charge on any atom is 0.201 e. The van der Waals surface area contributed by atoms with Gasteiger partial charge in [-0.2, -0.15) is 0 Å². The van der Waals surface area contributed by atoms with Crippen LogP contribution in [0.3, 0.4) is 0 Å². The lowest BCUT2D eigenvalue weighted by Crippen LogP contribution is -2.80. The fourth-order valence-corrected chi connectivity index (χ4v) is 6.28. The number of rotatable bonds is 3. The molecule has 1 heterocycles. The van der Waals surface area contributed by atoms with Gasteiger partial charge in [0.1, 0.15) is 11.7 Å². The molecular formula is C22H34O5. The predicted molar refractivity (Wildman–Crippen MR) is 101 cm³/mol. The molecule has 2 N–H and O–H groups in total. The average Bonchev–Trinajstić information content (AvgIpc) is 3.21. The highest BCUT2D eigenvalue weighted by molar-refractivity contribution is 5.27. The van der Waals surface area contributed by atoms with Gasteiger partial charge in [-0.25, -0.2) is 0 Å². The van der Waals surface area contributed by atoms with Gasteiger partial charge in [0.05, 0.1) is 25.2 Å². The first-order valence-electron chi connectivity index (χ1n) is 10.8. The Hall–Kier alpha value is -0.640. The molecule has 0 aromatic heterocycles. The Morgan fingerprint density at radius 2 is 1.85 bits per heavy atom. The van der Waals surface area contributed by atoms with Crippen LogP contribution in [-0.4, -0.2) is 53.6 Å². The fourth-order valence-electron chi connectivity index (χ4n) is 6.28. The largest absolute Gasteiger partial charge is 0.392 e. The molecule has 0 radical (unpaired) electrons. The summed E-state index contributed by atoms with van der Waals surface area (Å²) in [5, 5.41) is 21.3. The third-order valence-corrected chi connectivity index (χ3v) is 7.49. The Morgan fingerprint density at radius 3 is 2.52 bits per heavy atom. The predicted octanol–water partition coefficient (Wildman–Crippen LogP) is 2.49. The monoisotopic (exact) mass is 378 g/mol. The third-order valence-electron chi connectivity index (χ3n) is 7.49. The van der Waals surface area contributed by atoms with Gasteiger partial charge in [-0.15, -0.1) is 0 Å². The summed E-state index contributed by atoms with van der Waals surface area (Å²) in [5.74, 6) is 5.91. The van der Waals surface area contributed by atoms with Gasteiger partial charge in [0.2, 0.25) is 5.79 Å². The van der Waals surface area contributed by atoms with E-state index in [4.69, 9.17) is 14.2 Å². The fraction of sp³-hybridized carbons (Fsp3) is 0.909. The molecule has 1 aliphatic heterocycles. The van der Waals surface area contributed by atoms with E-state index >= 15 is 0 Å². The number of fused-ring (bicyclic) bond motifs is 2. The lowest BCUT2D eigenvalue weighted by Gasteiger charge is -2.68. The SMILES string of the molecule is CCO[C@]12CC[C@@H](O)[C@H](C#C[C@@H](O)C3CCCCC3)[C@H]1C(C)C21OCCO1. The van der Waals surface area contributed by atoms with E-state index in [1.165, 1.54) is 19.3 Å². The molecule has 27 heavy (non-hydrogen) atoms. The van der Waals surface area contributed by atoms with Crippen molar-refractivity contribution in [3.05, 3.63) is 0 Å². The van der Waals surface area contributed by atoms with E-state index in [0.29, 0.717) is 26.2 Å². The summed E-state index contributed by atoms with van der Waals surface area (Å²) in [4.78, 5) is 0. The molecule has 0 aromatic rings. The zero-order chi connectivity index (χ0) is 19.1. The minimum atomic E-state index is -0.699. The van der Waals surface area contributed by atoms with Crippen LogP contribution in [0.25, 0.3) is 0 Å². The first kappa shape index (κ1) is 19.7. The summed E-state index contributed by atoms with van der Waals surface area (Å²) in [6.07, 6.45) is 5.99. The van der Waals surface area contributed by atoms with Crippen molar-refractivity contribution in [3.63, 3.8) is 0 Å². The van der Waals surface area contributed by atoms with Crippen LogP contribution < -0.4 is 0 Å². The Balaban J connectivity index is 1.57. The molecule has 0 aromatic carbocycles. The quantitative estimate of drug-likeness (QED) is 0.739. The molecule has 4 fully saturated rings. The lowest BCUT2D eigenvalue weighted by molar-refractivity contribution is -0.417. The van der Waals surface area contributed by atoms with Crippen LogP contribution in [0.15, 0.2) is 0 Å². The van der Waals surface area contributed by atoms with Crippen molar-refractivity contribution in [3.8, 4) is 11.8 Å².